The summed E-state index contributed by atoms with van der Waals surface area (Å²) >= 11 is 2.86. The second kappa shape index (κ2) is 5.12. The summed E-state index contributed by atoms with van der Waals surface area (Å²) in [5.74, 6) is -0.943. The molecule has 0 saturated heterocycles. The molecule has 0 aliphatic carbocycles. The van der Waals surface area contributed by atoms with Gasteiger partial charge < -0.3 is 5.32 Å². The quantitative estimate of drug-likeness (QED) is 0.874. The van der Waals surface area contributed by atoms with Crippen molar-refractivity contribution in [3.63, 3.8) is 0 Å². The van der Waals surface area contributed by atoms with Crippen LogP contribution in [0.2, 0.25) is 0 Å². The maximum Gasteiger partial charge on any atom is 0.281 e. The summed E-state index contributed by atoms with van der Waals surface area (Å²) in [6.07, 6.45) is 0. The number of hydrogen-bond acceptors (Lipinski definition) is 6. The van der Waals surface area contributed by atoms with E-state index in [1.54, 1.807) is 6.07 Å². The first-order valence-corrected chi connectivity index (χ1v) is 8.38. The Morgan fingerprint density at radius 2 is 1.78 bits per heavy atom. The molecule has 0 spiro atoms. The standard InChI is InChI=1S/C16H7N3O2S2/c17-7-8(20)13-11(9-3-1-5-22-9)14-15(18-13)12(16(21)19-14)10-4-2-6-23-10/h1-6H,(H,19,21). The molecule has 23 heavy (non-hydrogen) atoms. The maximum absolute atomic E-state index is 12.3. The molecule has 4 heterocycles. The number of carbonyl (C=O) groups excluding carboxylic acids is 2. The lowest BCUT2D eigenvalue weighted by Crippen LogP contribution is -2.19. The molecule has 0 unspecified atom stereocenters. The average Bonchev–Trinajstić information content (AvgIpc) is 3.29. The second-order valence-electron chi connectivity index (χ2n) is 4.78. The number of ketones is 1. The van der Waals surface area contributed by atoms with E-state index in [9.17, 15) is 9.59 Å². The molecule has 0 saturated carbocycles. The molecule has 2 aliphatic heterocycles. The normalized spacial score (nSPS) is 16.3. The highest BCUT2D eigenvalue weighted by Gasteiger charge is 2.39. The fourth-order valence-corrected chi connectivity index (χ4v) is 4.12. The number of aliphatic imine (C=N–C) groups is 1. The van der Waals surface area contributed by atoms with Crippen molar-refractivity contribution in [3.8, 4) is 6.07 Å². The van der Waals surface area contributed by atoms with E-state index in [0.717, 1.165) is 9.75 Å². The first kappa shape index (κ1) is 13.8. The molecule has 7 heteroatoms. The lowest BCUT2D eigenvalue weighted by atomic mass is 10.1. The molecule has 0 radical (unpaired) electrons. The van der Waals surface area contributed by atoms with Gasteiger partial charge in [-0.2, -0.15) is 5.26 Å². The lowest BCUT2D eigenvalue weighted by Gasteiger charge is -2.03. The Labute approximate surface area is 138 Å². The highest BCUT2D eigenvalue weighted by molar-refractivity contribution is 7.12. The fraction of sp³-hybridized carbons (Fsp3) is 0. The monoisotopic (exact) mass is 337 g/mol. The fourth-order valence-electron chi connectivity index (χ4n) is 2.57. The van der Waals surface area contributed by atoms with Crippen LogP contribution in [0, 0.1) is 11.3 Å². The summed E-state index contributed by atoms with van der Waals surface area (Å²) in [7, 11) is 0. The SMILES string of the molecule is N#CC(=O)C1=NC2=C(c3cccs3)C(=O)NC2=C1c1cccs1. The number of nitriles is 1. The molecule has 110 valence electrons. The zero-order valence-corrected chi connectivity index (χ0v) is 13.1. The van der Waals surface area contributed by atoms with Crippen molar-refractivity contribution >= 4 is 51.2 Å². The van der Waals surface area contributed by atoms with Crippen LogP contribution in [0.4, 0.5) is 0 Å². The van der Waals surface area contributed by atoms with Gasteiger partial charge in [0.25, 0.3) is 11.7 Å². The number of allylic oxidation sites excluding steroid dienone is 1. The Kier molecular flexibility index (Phi) is 3.08. The van der Waals surface area contributed by atoms with E-state index >= 15 is 0 Å². The van der Waals surface area contributed by atoms with E-state index in [0.29, 0.717) is 22.5 Å². The van der Waals surface area contributed by atoms with Crippen molar-refractivity contribution in [2.75, 3.05) is 0 Å². The molecule has 4 rings (SSSR count). The minimum atomic E-state index is -0.706. The molecule has 5 nitrogen and oxygen atoms in total. The van der Waals surface area contributed by atoms with Crippen LogP contribution < -0.4 is 5.32 Å². The summed E-state index contributed by atoms with van der Waals surface area (Å²) in [5, 5.41) is 15.5. The van der Waals surface area contributed by atoms with E-state index < -0.39 is 5.78 Å². The van der Waals surface area contributed by atoms with E-state index in [1.165, 1.54) is 22.7 Å². The van der Waals surface area contributed by atoms with Crippen LogP contribution in [0.25, 0.3) is 11.1 Å². The van der Waals surface area contributed by atoms with Gasteiger partial charge >= 0.3 is 0 Å². The van der Waals surface area contributed by atoms with Crippen molar-refractivity contribution in [3.05, 3.63) is 56.2 Å². The molecule has 0 bridgehead atoms. The third kappa shape index (κ3) is 2.00. The van der Waals surface area contributed by atoms with Gasteiger partial charge in [-0.25, -0.2) is 4.99 Å². The molecule has 1 N–H and O–H groups in total. The van der Waals surface area contributed by atoms with Crippen molar-refractivity contribution in [2.45, 2.75) is 0 Å². The Bertz CT molecular complexity index is 971. The van der Waals surface area contributed by atoms with Crippen molar-refractivity contribution < 1.29 is 9.59 Å². The molecule has 2 aromatic rings. The zero-order chi connectivity index (χ0) is 16.0. The number of hydrogen-bond donors (Lipinski definition) is 1. The highest BCUT2D eigenvalue weighted by Crippen LogP contribution is 2.41. The van der Waals surface area contributed by atoms with Gasteiger partial charge in [0.2, 0.25) is 0 Å². The lowest BCUT2D eigenvalue weighted by molar-refractivity contribution is -0.114. The van der Waals surface area contributed by atoms with Crippen molar-refractivity contribution in [1.82, 2.24) is 5.32 Å². The van der Waals surface area contributed by atoms with E-state index in [4.69, 9.17) is 5.26 Å². The van der Waals surface area contributed by atoms with Gasteiger partial charge in [-0.15, -0.1) is 22.7 Å². The molecule has 0 fully saturated rings. The Hall–Kier alpha value is -2.82. The topological polar surface area (TPSA) is 82.3 Å². The summed E-state index contributed by atoms with van der Waals surface area (Å²) in [4.78, 5) is 30.2. The first-order valence-electron chi connectivity index (χ1n) is 6.62. The zero-order valence-electron chi connectivity index (χ0n) is 11.5. The van der Waals surface area contributed by atoms with E-state index in [2.05, 4.69) is 10.3 Å². The molecule has 1 amide bonds. The summed E-state index contributed by atoms with van der Waals surface area (Å²) < 4.78 is 0. The molecular formula is C16H7N3O2S2. The number of rotatable bonds is 3. The molecule has 0 atom stereocenters. The van der Waals surface area contributed by atoms with Crippen molar-refractivity contribution in [1.29, 1.82) is 5.26 Å². The van der Waals surface area contributed by atoms with Crippen LogP contribution >= 0.6 is 22.7 Å². The van der Waals surface area contributed by atoms with Crippen LogP contribution in [0.5, 0.6) is 0 Å². The number of nitrogens with one attached hydrogen (secondary N) is 1. The Balaban J connectivity index is 2.00. The van der Waals surface area contributed by atoms with Gasteiger partial charge in [-0.05, 0) is 22.9 Å². The van der Waals surface area contributed by atoms with Gasteiger partial charge in [0.05, 0.1) is 11.3 Å². The molecule has 2 aromatic heterocycles. The highest BCUT2D eigenvalue weighted by atomic mass is 32.1. The smallest absolute Gasteiger partial charge is 0.281 e. The maximum atomic E-state index is 12.3. The van der Waals surface area contributed by atoms with Gasteiger partial charge in [-0.1, -0.05) is 12.1 Å². The van der Waals surface area contributed by atoms with Crippen LogP contribution in [-0.2, 0) is 9.59 Å². The third-order valence-electron chi connectivity index (χ3n) is 3.50. The molecule has 2 aliphatic rings. The molecule has 0 aromatic carbocycles. The van der Waals surface area contributed by atoms with Crippen LogP contribution in [0.3, 0.4) is 0 Å². The Morgan fingerprint density at radius 1 is 1.13 bits per heavy atom. The molecular weight excluding hydrogens is 330 g/mol. The summed E-state index contributed by atoms with van der Waals surface area (Å²) in [5.41, 5.74) is 2.03. The minimum absolute atomic E-state index is 0.0917. The number of thiophene rings is 2. The number of Topliss-reactive ketones (excluding diaryl/α,β-unsaturated/α-hetero) is 1. The van der Waals surface area contributed by atoms with Gasteiger partial charge in [0.1, 0.15) is 17.5 Å². The number of amides is 1. The largest absolute Gasteiger partial charge is 0.319 e. The van der Waals surface area contributed by atoms with Crippen LogP contribution in [0.1, 0.15) is 9.75 Å². The predicted octanol–water partition coefficient (Wildman–Crippen LogP) is 2.61. The summed E-state index contributed by atoms with van der Waals surface area (Å²) in [6.45, 7) is 0. The number of carbonyl (C=O) groups is 2. The van der Waals surface area contributed by atoms with Crippen LogP contribution in [-0.4, -0.2) is 17.4 Å². The van der Waals surface area contributed by atoms with Gasteiger partial charge in [-0.3, -0.25) is 9.59 Å². The third-order valence-corrected chi connectivity index (χ3v) is 5.28. The average molecular weight is 337 g/mol. The number of nitrogens with zero attached hydrogens (tertiary/aromatic N) is 2. The predicted molar refractivity (Wildman–Crippen MR) is 88.7 cm³/mol. The van der Waals surface area contributed by atoms with E-state index in [-0.39, 0.29) is 11.6 Å². The van der Waals surface area contributed by atoms with E-state index in [1.807, 2.05) is 35.0 Å². The minimum Gasteiger partial charge on any atom is -0.319 e. The number of fused-ring (bicyclic) bond motifs is 1. The first-order chi connectivity index (χ1) is 11.2. The van der Waals surface area contributed by atoms with Crippen molar-refractivity contribution in [2.24, 2.45) is 4.99 Å². The van der Waals surface area contributed by atoms with Crippen LogP contribution in [0.15, 0.2) is 51.4 Å². The van der Waals surface area contributed by atoms with Gasteiger partial charge in [0.15, 0.2) is 0 Å². The Morgan fingerprint density at radius 3 is 2.35 bits per heavy atom. The summed E-state index contributed by atoms with van der Waals surface area (Å²) in [6, 6.07) is 8.99. The van der Waals surface area contributed by atoms with Gasteiger partial charge in [0, 0.05) is 15.3 Å². The second-order valence-corrected chi connectivity index (χ2v) is 6.68.